The van der Waals surface area contributed by atoms with E-state index in [0.717, 1.165) is 41.8 Å². The zero-order valence-corrected chi connectivity index (χ0v) is 19.7. The lowest BCUT2D eigenvalue weighted by Crippen LogP contribution is -2.49. The van der Waals surface area contributed by atoms with Crippen molar-refractivity contribution >= 4 is 17.6 Å². The normalized spacial score (nSPS) is 12.1. The van der Waals surface area contributed by atoms with E-state index in [1.807, 2.05) is 85.0 Å². The summed E-state index contributed by atoms with van der Waals surface area (Å²) in [6.07, 6.45) is 5.75. The fourth-order valence-electron chi connectivity index (χ4n) is 3.94. The lowest BCUT2D eigenvalue weighted by atomic mass is 10.1. The molecule has 0 saturated carbocycles. The summed E-state index contributed by atoms with van der Waals surface area (Å²) in [4.78, 5) is 13.1. The van der Waals surface area contributed by atoms with Gasteiger partial charge in [0.15, 0.2) is 0 Å². The third-order valence-electron chi connectivity index (χ3n) is 6.16. The smallest absolute Gasteiger partial charge is 0.338 e. The average Bonchev–Trinajstić information content (AvgIpc) is 2.87. The van der Waals surface area contributed by atoms with Crippen molar-refractivity contribution in [3.63, 3.8) is 0 Å². The lowest BCUT2D eigenvalue weighted by Gasteiger charge is -2.36. The van der Waals surface area contributed by atoms with Gasteiger partial charge in [0.1, 0.15) is 19.7 Å². The van der Waals surface area contributed by atoms with Crippen molar-refractivity contribution in [2.75, 3.05) is 26.2 Å². The molecule has 3 heteroatoms. The van der Waals surface area contributed by atoms with Gasteiger partial charge < -0.3 is 9.22 Å². The number of ether oxygens (including phenoxy) is 1. The number of hydrogen-bond donors (Lipinski definition) is 0. The van der Waals surface area contributed by atoms with Gasteiger partial charge in [0.2, 0.25) is 0 Å². The van der Waals surface area contributed by atoms with Crippen molar-refractivity contribution in [3.05, 3.63) is 120 Å². The first-order valence-corrected chi connectivity index (χ1v) is 11.7. The van der Waals surface area contributed by atoms with Crippen LogP contribution in [0.4, 0.5) is 0 Å². The molecule has 0 heterocycles. The van der Waals surface area contributed by atoms with Gasteiger partial charge in [0, 0.05) is 5.56 Å². The van der Waals surface area contributed by atoms with Gasteiger partial charge in [-0.25, -0.2) is 4.79 Å². The molecule has 3 aromatic rings. The third-order valence-corrected chi connectivity index (χ3v) is 6.16. The monoisotopic (exact) mass is 440 g/mol. The van der Waals surface area contributed by atoms with E-state index in [-0.39, 0.29) is 5.97 Å². The Hall–Kier alpha value is -3.43. The standard InChI is InChI=1S/C30H34NO2/c1-3-31(4-2,25-27-17-10-6-11-18-27)23-24-33-30(32)29(28-20-12-7-13-21-28)22-14-19-26-15-8-5-9-16-26/h5-22H,3-4,23-25H2,1-2H3/q+1/b19-14+,29-22+. The van der Waals surface area contributed by atoms with E-state index < -0.39 is 0 Å². The fourth-order valence-corrected chi connectivity index (χ4v) is 3.94. The molecule has 0 N–H and O–H groups in total. The Morgan fingerprint density at radius 1 is 0.818 bits per heavy atom. The second-order valence-corrected chi connectivity index (χ2v) is 8.19. The second-order valence-electron chi connectivity index (χ2n) is 8.19. The van der Waals surface area contributed by atoms with Gasteiger partial charge in [-0.3, -0.25) is 0 Å². The van der Waals surface area contributed by atoms with Crippen LogP contribution in [0.3, 0.4) is 0 Å². The van der Waals surface area contributed by atoms with Crippen LogP contribution in [0.1, 0.15) is 30.5 Å². The molecule has 0 aliphatic rings. The molecule has 0 bridgehead atoms. The molecule has 0 radical (unpaired) electrons. The van der Waals surface area contributed by atoms with Gasteiger partial charge in [0.25, 0.3) is 0 Å². The molecule has 0 aliphatic carbocycles. The number of quaternary nitrogens is 1. The summed E-state index contributed by atoms with van der Waals surface area (Å²) in [6.45, 7) is 8.51. The number of esters is 1. The Kier molecular flexibility index (Phi) is 9.22. The van der Waals surface area contributed by atoms with Crippen LogP contribution in [0.25, 0.3) is 11.6 Å². The molecule has 0 spiro atoms. The van der Waals surface area contributed by atoms with Crippen LogP contribution < -0.4 is 0 Å². The molecule has 33 heavy (non-hydrogen) atoms. The maximum atomic E-state index is 13.1. The topological polar surface area (TPSA) is 26.3 Å². The fraction of sp³-hybridized carbons (Fsp3) is 0.233. The van der Waals surface area contributed by atoms with Crippen LogP contribution in [0.2, 0.25) is 0 Å². The van der Waals surface area contributed by atoms with E-state index in [9.17, 15) is 4.79 Å². The van der Waals surface area contributed by atoms with Crippen molar-refractivity contribution in [1.29, 1.82) is 0 Å². The summed E-state index contributed by atoms with van der Waals surface area (Å²) in [7, 11) is 0. The summed E-state index contributed by atoms with van der Waals surface area (Å²) < 4.78 is 6.69. The first-order valence-electron chi connectivity index (χ1n) is 11.7. The van der Waals surface area contributed by atoms with E-state index in [1.54, 1.807) is 0 Å². The van der Waals surface area contributed by atoms with Gasteiger partial charge in [-0.1, -0.05) is 103 Å². The van der Waals surface area contributed by atoms with Crippen molar-refractivity contribution in [2.45, 2.75) is 20.4 Å². The molecule has 0 aromatic heterocycles. The van der Waals surface area contributed by atoms with Crippen molar-refractivity contribution in [2.24, 2.45) is 0 Å². The predicted octanol–water partition coefficient (Wildman–Crippen LogP) is 6.38. The van der Waals surface area contributed by atoms with Crippen molar-refractivity contribution < 1.29 is 14.0 Å². The second kappa shape index (κ2) is 12.6. The first-order chi connectivity index (χ1) is 16.2. The maximum absolute atomic E-state index is 13.1. The third kappa shape index (κ3) is 7.30. The van der Waals surface area contributed by atoms with Crippen molar-refractivity contribution in [1.82, 2.24) is 0 Å². The van der Waals surface area contributed by atoms with Crippen LogP contribution in [0.5, 0.6) is 0 Å². The molecular weight excluding hydrogens is 406 g/mol. The molecule has 170 valence electrons. The highest BCUT2D eigenvalue weighted by atomic mass is 16.5. The summed E-state index contributed by atoms with van der Waals surface area (Å²) in [5, 5.41) is 0. The first kappa shape index (κ1) is 24.2. The minimum Gasteiger partial charge on any atom is -0.456 e. The number of benzene rings is 3. The Balaban J connectivity index is 1.69. The SMILES string of the molecule is CC[N+](CC)(CCOC(=O)/C(=C/C=C/c1ccccc1)c1ccccc1)Cc1ccccc1. The van der Waals surface area contributed by atoms with E-state index in [0.29, 0.717) is 12.2 Å². The molecule has 0 atom stereocenters. The van der Waals surface area contributed by atoms with Crippen LogP contribution in [0, 0.1) is 0 Å². The number of allylic oxidation sites excluding steroid dienone is 2. The molecule has 0 saturated heterocycles. The molecule has 0 fully saturated rings. The van der Waals surface area contributed by atoms with Crippen LogP contribution in [-0.4, -0.2) is 36.7 Å². The number of carbonyl (C=O) groups is 1. The van der Waals surface area contributed by atoms with Gasteiger partial charge in [-0.15, -0.1) is 0 Å². The Labute approximate surface area is 198 Å². The molecule has 0 aliphatic heterocycles. The van der Waals surface area contributed by atoms with Crippen LogP contribution in [-0.2, 0) is 16.1 Å². The summed E-state index contributed by atoms with van der Waals surface area (Å²) in [6, 6.07) is 30.3. The van der Waals surface area contributed by atoms with Crippen LogP contribution >= 0.6 is 0 Å². The summed E-state index contributed by atoms with van der Waals surface area (Å²) >= 11 is 0. The zero-order valence-electron chi connectivity index (χ0n) is 19.7. The zero-order chi connectivity index (χ0) is 23.4. The van der Waals surface area contributed by atoms with E-state index in [2.05, 4.69) is 38.1 Å². The van der Waals surface area contributed by atoms with E-state index in [1.165, 1.54) is 5.56 Å². The number of rotatable bonds is 11. The number of nitrogens with zero attached hydrogens (tertiary/aromatic N) is 1. The number of hydrogen-bond acceptors (Lipinski definition) is 2. The van der Waals surface area contributed by atoms with E-state index in [4.69, 9.17) is 4.74 Å². The summed E-state index contributed by atoms with van der Waals surface area (Å²) in [5.41, 5.74) is 3.82. The minimum absolute atomic E-state index is 0.288. The number of likely N-dealkylation sites (N-methyl/N-ethyl adjacent to an activating group) is 1. The Morgan fingerprint density at radius 2 is 1.39 bits per heavy atom. The summed E-state index contributed by atoms with van der Waals surface area (Å²) in [5.74, 6) is -0.288. The predicted molar refractivity (Wildman–Crippen MR) is 137 cm³/mol. The molecule has 3 nitrogen and oxygen atoms in total. The maximum Gasteiger partial charge on any atom is 0.338 e. The largest absolute Gasteiger partial charge is 0.456 e. The lowest BCUT2D eigenvalue weighted by molar-refractivity contribution is -0.937. The van der Waals surface area contributed by atoms with Gasteiger partial charge in [-0.05, 0) is 31.1 Å². The average molecular weight is 441 g/mol. The highest BCUT2D eigenvalue weighted by Gasteiger charge is 2.24. The molecule has 3 aromatic carbocycles. The number of carbonyl (C=O) groups excluding carboxylic acids is 1. The van der Waals surface area contributed by atoms with Gasteiger partial charge >= 0.3 is 5.97 Å². The van der Waals surface area contributed by atoms with Crippen LogP contribution in [0.15, 0.2) is 103 Å². The van der Waals surface area contributed by atoms with Gasteiger partial charge in [0.05, 0.1) is 18.7 Å². The van der Waals surface area contributed by atoms with Crippen molar-refractivity contribution in [3.8, 4) is 0 Å². The Bertz CT molecular complexity index is 1040. The molecule has 3 rings (SSSR count). The highest BCUT2D eigenvalue weighted by molar-refractivity contribution is 6.16. The Morgan fingerprint density at radius 3 is 2.00 bits per heavy atom. The molecular formula is C30H34NO2+. The van der Waals surface area contributed by atoms with Gasteiger partial charge in [-0.2, -0.15) is 0 Å². The molecule has 0 unspecified atom stereocenters. The van der Waals surface area contributed by atoms with E-state index >= 15 is 0 Å². The highest BCUT2D eigenvalue weighted by Crippen LogP contribution is 2.18. The molecule has 0 amide bonds. The quantitative estimate of drug-likeness (QED) is 0.150. The minimum atomic E-state index is -0.288.